The molecule has 3 nitrogen and oxygen atoms in total. The third kappa shape index (κ3) is 3.77. The van der Waals surface area contributed by atoms with Gasteiger partial charge in [0.2, 0.25) is 0 Å². The number of hydrogen-bond acceptors (Lipinski definition) is 3. The van der Waals surface area contributed by atoms with Crippen LogP contribution in [0, 0.1) is 5.41 Å². The number of aromatic nitrogens is 1. The number of nitrogens with zero attached hydrogens (tertiary/aromatic N) is 2. The third-order valence-electron chi connectivity index (χ3n) is 2.13. The molecule has 0 unspecified atom stereocenters. The second-order valence-electron chi connectivity index (χ2n) is 5.18. The van der Waals surface area contributed by atoms with E-state index in [0.29, 0.717) is 4.99 Å². The quantitative estimate of drug-likeness (QED) is 0.818. The number of thiocarbonyl (C=S) groups is 1. The Labute approximate surface area is 103 Å². The zero-order chi connectivity index (χ0) is 12.3. The van der Waals surface area contributed by atoms with E-state index in [9.17, 15) is 0 Å². The highest BCUT2D eigenvalue weighted by Crippen LogP contribution is 2.19. The van der Waals surface area contributed by atoms with Crippen molar-refractivity contribution in [2.75, 3.05) is 18.5 Å². The van der Waals surface area contributed by atoms with Crippen LogP contribution in [0.4, 0.5) is 5.82 Å². The molecule has 0 bridgehead atoms. The van der Waals surface area contributed by atoms with Gasteiger partial charge in [0, 0.05) is 25.4 Å². The molecule has 0 radical (unpaired) electrons. The molecule has 0 atom stereocenters. The average Bonchev–Trinajstić information content (AvgIpc) is 2.15. The highest BCUT2D eigenvalue weighted by molar-refractivity contribution is 7.80. The van der Waals surface area contributed by atoms with E-state index in [1.807, 2.05) is 19.2 Å². The molecule has 0 amide bonds. The van der Waals surface area contributed by atoms with E-state index >= 15 is 0 Å². The molecule has 0 saturated heterocycles. The number of hydrogen-bond donors (Lipinski definition) is 1. The average molecular weight is 237 g/mol. The van der Waals surface area contributed by atoms with E-state index in [0.717, 1.165) is 17.9 Å². The highest BCUT2D eigenvalue weighted by Gasteiger charge is 2.14. The van der Waals surface area contributed by atoms with Crippen LogP contribution in [-0.4, -0.2) is 23.6 Å². The van der Waals surface area contributed by atoms with Crippen molar-refractivity contribution in [3.63, 3.8) is 0 Å². The van der Waals surface area contributed by atoms with Gasteiger partial charge in [0.05, 0.1) is 0 Å². The number of anilines is 1. The van der Waals surface area contributed by atoms with Crippen LogP contribution in [0.2, 0.25) is 0 Å². The zero-order valence-corrected chi connectivity index (χ0v) is 11.1. The first kappa shape index (κ1) is 12.9. The molecule has 16 heavy (non-hydrogen) atoms. The summed E-state index contributed by atoms with van der Waals surface area (Å²) in [4.78, 5) is 6.84. The second-order valence-corrected chi connectivity index (χ2v) is 5.62. The summed E-state index contributed by atoms with van der Waals surface area (Å²) in [5.74, 6) is 0.903. The van der Waals surface area contributed by atoms with Gasteiger partial charge in [-0.25, -0.2) is 4.98 Å². The molecule has 88 valence electrons. The first-order chi connectivity index (χ1) is 7.29. The Kier molecular flexibility index (Phi) is 3.86. The maximum atomic E-state index is 5.60. The summed E-state index contributed by atoms with van der Waals surface area (Å²) >= 11 is 4.95. The van der Waals surface area contributed by atoms with Crippen molar-refractivity contribution >= 4 is 23.0 Å². The normalized spacial score (nSPS) is 11.2. The summed E-state index contributed by atoms with van der Waals surface area (Å²) in [5.41, 5.74) is 6.69. The molecule has 1 aromatic rings. The smallest absolute Gasteiger partial charge is 0.128 e. The van der Waals surface area contributed by atoms with E-state index in [2.05, 4.69) is 30.7 Å². The summed E-state index contributed by atoms with van der Waals surface area (Å²) in [6.07, 6.45) is 1.74. The van der Waals surface area contributed by atoms with Crippen molar-refractivity contribution in [1.82, 2.24) is 4.98 Å². The SMILES string of the molecule is CN(CC(C)(C)C)c1cc(C(N)=S)ccn1. The van der Waals surface area contributed by atoms with E-state index in [1.54, 1.807) is 6.20 Å². The highest BCUT2D eigenvalue weighted by atomic mass is 32.1. The van der Waals surface area contributed by atoms with Gasteiger partial charge in [0.1, 0.15) is 10.8 Å². The van der Waals surface area contributed by atoms with Gasteiger partial charge in [-0.15, -0.1) is 0 Å². The molecule has 0 aliphatic carbocycles. The maximum absolute atomic E-state index is 5.60. The van der Waals surface area contributed by atoms with Crippen LogP contribution >= 0.6 is 12.2 Å². The number of rotatable bonds is 3. The van der Waals surface area contributed by atoms with Crippen LogP contribution in [0.15, 0.2) is 18.3 Å². The monoisotopic (exact) mass is 237 g/mol. The van der Waals surface area contributed by atoms with Gasteiger partial charge in [-0.1, -0.05) is 33.0 Å². The minimum absolute atomic E-state index is 0.232. The molecule has 2 N–H and O–H groups in total. The number of pyridine rings is 1. The Balaban J connectivity index is 2.87. The molecule has 1 aromatic heterocycles. The van der Waals surface area contributed by atoms with E-state index in [4.69, 9.17) is 18.0 Å². The van der Waals surface area contributed by atoms with Crippen molar-refractivity contribution in [1.29, 1.82) is 0 Å². The molecule has 0 aromatic carbocycles. The lowest BCUT2D eigenvalue weighted by atomic mass is 9.96. The standard InChI is InChI=1S/C12H19N3S/c1-12(2,3)8-15(4)10-7-9(11(13)16)5-6-14-10/h5-7H,8H2,1-4H3,(H2,13,16). The first-order valence-corrected chi connectivity index (χ1v) is 5.67. The van der Waals surface area contributed by atoms with Crippen LogP contribution in [0.25, 0.3) is 0 Å². The van der Waals surface area contributed by atoms with Crippen molar-refractivity contribution in [3.05, 3.63) is 23.9 Å². The Bertz CT molecular complexity index is 382. The Morgan fingerprint density at radius 1 is 1.50 bits per heavy atom. The fourth-order valence-corrected chi connectivity index (χ4v) is 1.70. The summed E-state index contributed by atoms with van der Waals surface area (Å²) in [6, 6.07) is 3.75. The molecule has 0 spiro atoms. The molecule has 0 aliphatic heterocycles. The van der Waals surface area contributed by atoms with E-state index in [1.165, 1.54) is 0 Å². The summed E-state index contributed by atoms with van der Waals surface area (Å²) in [6.45, 7) is 7.52. The van der Waals surface area contributed by atoms with Gasteiger partial charge in [0.15, 0.2) is 0 Å². The molecular weight excluding hydrogens is 218 g/mol. The zero-order valence-electron chi connectivity index (χ0n) is 10.3. The van der Waals surface area contributed by atoms with E-state index < -0.39 is 0 Å². The molecule has 4 heteroatoms. The van der Waals surface area contributed by atoms with Crippen molar-refractivity contribution < 1.29 is 0 Å². The van der Waals surface area contributed by atoms with Crippen LogP contribution in [0.3, 0.4) is 0 Å². The predicted octanol–water partition coefficient (Wildman–Crippen LogP) is 2.20. The predicted molar refractivity (Wildman–Crippen MR) is 72.8 cm³/mol. The molecule has 0 fully saturated rings. The Morgan fingerprint density at radius 3 is 2.62 bits per heavy atom. The van der Waals surface area contributed by atoms with Crippen LogP contribution in [-0.2, 0) is 0 Å². The molecule has 1 rings (SSSR count). The van der Waals surface area contributed by atoms with Crippen molar-refractivity contribution in [2.45, 2.75) is 20.8 Å². The summed E-state index contributed by atoms with van der Waals surface area (Å²) in [5, 5.41) is 0. The maximum Gasteiger partial charge on any atom is 0.128 e. The lowest BCUT2D eigenvalue weighted by Gasteiger charge is -2.27. The molecule has 0 saturated carbocycles. The minimum Gasteiger partial charge on any atom is -0.389 e. The lowest BCUT2D eigenvalue weighted by molar-refractivity contribution is 0.418. The fourth-order valence-electron chi connectivity index (χ4n) is 1.57. The van der Waals surface area contributed by atoms with Crippen LogP contribution in [0.5, 0.6) is 0 Å². The van der Waals surface area contributed by atoms with Crippen molar-refractivity contribution in [2.24, 2.45) is 11.1 Å². The van der Waals surface area contributed by atoms with Gasteiger partial charge in [-0.05, 0) is 17.5 Å². The molecule has 0 aliphatic rings. The molecule has 1 heterocycles. The molecular formula is C12H19N3S. The number of nitrogens with two attached hydrogens (primary N) is 1. The fraction of sp³-hybridized carbons (Fsp3) is 0.500. The van der Waals surface area contributed by atoms with Gasteiger partial charge in [0.25, 0.3) is 0 Å². The summed E-state index contributed by atoms with van der Waals surface area (Å²) < 4.78 is 0. The first-order valence-electron chi connectivity index (χ1n) is 5.26. The Hall–Kier alpha value is -1.16. The van der Waals surface area contributed by atoms with Gasteiger partial charge < -0.3 is 10.6 Å². The largest absolute Gasteiger partial charge is 0.389 e. The van der Waals surface area contributed by atoms with Crippen LogP contribution < -0.4 is 10.6 Å². The Morgan fingerprint density at radius 2 is 2.12 bits per heavy atom. The van der Waals surface area contributed by atoms with Gasteiger partial charge in [-0.3, -0.25) is 0 Å². The minimum atomic E-state index is 0.232. The van der Waals surface area contributed by atoms with Crippen LogP contribution in [0.1, 0.15) is 26.3 Å². The summed E-state index contributed by atoms with van der Waals surface area (Å²) in [7, 11) is 2.02. The van der Waals surface area contributed by atoms with Gasteiger partial charge in [-0.2, -0.15) is 0 Å². The second kappa shape index (κ2) is 4.78. The van der Waals surface area contributed by atoms with E-state index in [-0.39, 0.29) is 5.41 Å². The lowest BCUT2D eigenvalue weighted by Crippen LogP contribution is -2.29. The van der Waals surface area contributed by atoms with Crippen molar-refractivity contribution in [3.8, 4) is 0 Å². The topological polar surface area (TPSA) is 42.1 Å². The van der Waals surface area contributed by atoms with Gasteiger partial charge >= 0.3 is 0 Å². The third-order valence-corrected chi connectivity index (χ3v) is 2.37.